The molecule has 0 spiro atoms. The van der Waals surface area contributed by atoms with E-state index in [9.17, 15) is 9.59 Å². The lowest BCUT2D eigenvalue weighted by molar-refractivity contribution is -0.139. The highest BCUT2D eigenvalue weighted by atomic mass is 32.1. The number of amides is 2. The molecule has 2 amide bonds. The molecule has 0 aliphatic rings. The van der Waals surface area contributed by atoms with E-state index in [1.54, 1.807) is 21.1 Å². The Morgan fingerprint density at radius 1 is 1.29 bits per heavy atom. The highest BCUT2D eigenvalue weighted by Crippen LogP contribution is 2.10. The normalized spacial score (nSPS) is 11.8. The largest absolute Gasteiger partial charge is 0.393 e. The van der Waals surface area contributed by atoms with E-state index in [1.807, 2.05) is 6.92 Å². The number of rotatable bonds is 6. The van der Waals surface area contributed by atoms with E-state index in [0.717, 1.165) is 6.42 Å². The molecule has 0 saturated carbocycles. The molecule has 0 aliphatic heterocycles. The van der Waals surface area contributed by atoms with Gasteiger partial charge in [0.25, 0.3) is 0 Å². The molecule has 6 heteroatoms. The van der Waals surface area contributed by atoms with Gasteiger partial charge in [-0.25, -0.2) is 0 Å². The molecular weight excluding hydrogens is 238 g/mol. The van der Waals surface area contributed by atoms with Gasteiger partial charge in [0.05, 0.1) is 17.5 Å². The summed E-state index contributed by atoms with van der Waals surface area (Å²) in [5, 5.41) is 0. The maximum atomic E-state index is 12.0. The Hall–Kier alpha value is -1.17. The number of nitrogens with zero attached hydrogens (tertiary/aromatic N) is 2. The predicted octanol–water partition coefficient (Wildman–Crippen LogP) is 0.235. The number of nitrogens with two attached hydrogens (primary N) is 1. The van der Waals surface area contributed by atoms with Crippen LogP contribution in [0.1, 0.15) is 19.8 Å². The molecule has 1 unspecified atom stereocenters. The smallest absolute Gasteiger partial charge is 0.241 e. The molecule has 0 aliphatic carbocycles. The molecule has 98 valence electrons. The highest BCUT2D eigenvalue weighted by Gasteiger charge is 2.25. The van der Waals surface area contributed by atoms with Crippen LogP contribution in [0.3, 0.4) is 0 Å². The van der Waals surface area contributed by atoms with Crippen LogP contribution in [-0.2, 0) is 9.59 Å². The van der Waals surface area contributed by atoms with Crippen LogP contribution in [0.5, 0.6) is 0 Å². The highest BCUT2D eigenvalue weighted by molar-refractivity contribution is 7.80. The van der Waals surface area contributed by atoms with Crippen LogP contribution in [0.25, 0.3) is 0 Å². The molecule has 0 rings (SSSR count). The average Bonchev–Trinajstić information content (AvgIpc) is 2.24. The minimum Gasteiger partial charge on any atom is -0.393 e. The fourth-order valence-electron chi connectivity index (χ4n) is 1.36. The third-order valence-electron chi connectivity index (χ3n) is 2.47. The lowest BCUT2D eigenvalue weighted by Gasteiger charge is -2.23. The van der Waals surface area contributed by atoms with E-state index >= 15 is 0 Å². The molecule has 2 N–H and O–H groups in total. The summed E-state index contributed by atoms with van der Waals surface area (Å²) in [7, 11) is 4.89. The van der Waals surface area contributed by atoms with E-state index < -0.39 is 5.92 Å². The molecule has 0 radical (unpaired) electrons. The maximum absolute atomic E-state index is 12.0. The standard InChI is InChI=1S/C11H21N3O2S/c1-5-6-8(10(12)17)11(16)14(4)7-9(15)13(2)3/h8H,5-7H2,1-4H3,(H2,12,17). The van der Waals surface area contributed by atoms with Crippen molar-refractivity contribution in [1.29, 1.82) is 0 Å². The first-order valence-electron chi connectivity index (χ1n) is 5.55. The minimum absolute atomic E-state index is 0.0503. The summed E-state index contributed by atoms with van der Waals surface area (Å²) in [5.41, 5.74) is 5.54. The summed E-state index contributed by atoms with van der Waals surface area (Å²) < 4.78 is 0. The van der Waals surface area contributed by atoms with Gasteiger partial charge in [0, 0.05) is 21.1 Å². The van der Waals surface area contributed by atoms with Gasteiger partial charge in [-0.2, -0.15) is 0 Å². The van der Waals surface area contributed by atoms with Crippen LogP contribution in [0.4, 0.5) is 0 Å². The first kappa shape index (κ1) is 15.8. The minimum atomic E-state index is -0.463. The molecule has 17 heavy (non-hydrogen) atoms. The van der Waals surface area contributed by atoms with Gasteiger partial charge in [0.15, 0.2) is 0 Å². The first-order valence-corrected chi connectivity index (χ1v) is 5.96. The second kappa shape index (κ2) is 7.21. The second-order valence-electron chi connectivity index (χ2n) is 4.23. The lowest BCUT2D eigenvalue weighted by Crippen LogP contribution is -2.43. The Balaban J connectivity index is 4.55. The van der Waals surface area contributed by atoms with Crippen molar-refractivity contribution in [3.63, 3.8) is 0 Å². The summed E-state index contributed by atoms with van der Waals surface area (Å²) >= 11 is 4.88. The van der Waals surface area contributed by atoms with Gasteiger partial charge < -0.3 is 15.5 Å². The zero-order chi connectivity index (χ0) is 13.6. The molecule has 0 aromatic carbocycles. The van der Waals surface area contributed by atoms with Crippen LogP contribution in [-0.4, -0.2) is 54.3 Å². The van der Waals surface area contributed by atoms with Gasteiger partial charge in [-0.05, 0) is 6.42 Å². The van der Waals surface area contributed by atoms with Gasteiger partial charge in [0.2, 0.25) is 11.8 Å². The topological polar surface area (TPSA) is 66.6 Å². The molecule has 1 atom stereocenters. The predicted molar refractivity (Wildman–Crippen MR) is 71.5 cm³/mol. The van der Waals surface area contributed by atoms with Crippen LogP contribution >= 0.6 is 12.2 Å². The molecular formula is C11H21N3O2S. The van der Waals surface area contributed by atoms with E-state index in [1.165, 1.54) is 9.80 Å². The van der Waals surface area contributed by atoms with Gasteiger partial charge in [0.1, 0.15) is 0 Å². The quantitative estimate of drug-likeness (QED) is 0.694. The van der Waals surface area contributed by atoms with Gasteiger partial charge in [-0.3, -0.25) is 9.59 Å². The summed E-state index contributed by atoms with van der Waals surface area (Å²) in [6, 6.07) is 0. The average molecular weight is 259 g/mol. The van der Waals surface area contributed by atoms with Crippen molar-refractivity contribution in [2.24, 2.45) is 11.7 Å². The number of hydrogen-bond acceptors (Lipinski definition) is 3. The summed E-state index contributed by atoms with van der Waals surface area (Å²) in [6.45, 7) is 2.01. The van der Waals surface area contributed by atoms with Crippen LogP contribution < -0.4 is 5.73 Å². The molecule has 0 aromatic heterocycles. The van der Waals surface area contributed by atoms with E-state index in [2.05, 4.69) is 0 Å². The lowest BCUT2D eigenvalue weighted by atomic mass is 10.0. The van der Waals surface area contributed by atoms with Crippen LogP contribution in [0.15, 0.2) is 0 Å². The Labute approximate surface area is 108 Å². The van der Waals surface area contributed by atoms with Gasteiger partial charge >= 0.3 is 0 Å². The van der Waals surface area contributed by atoms with Crippen molar-refractivity contribution in [3.8, 4) is 0 Å². The number of thiocarbonyl (C=S) groups is 1. The second-order valence-corrected chi connectivity index (χ2v) is 4.70. The molecule has 0 saturated heterocycles. The van der Waals surface area contributed by atoms with Crippen molar-refractivity contribution in [3.05, 3.63) is 0 Å². The van der Waals surface area contributed by atoms with Crippen molar-refractivity contribution >= 4 is 29.0 Å². The first-order chi connectivity index (χ1) is 7.81. The fourth-order valence-corrected chi connectivity index (χ4v) is 1.58. The molecule has 5 nitrogen and oxygen atoms in total. The Morgan fingerprint density at radius 2 is 1.82 bits per heavy atom. The van der Waals surface area contributed by atoms with Crippen molar-refractivity contribution in [2.45, 2.75) is 19.8 Å². The Bertz CT molecular complexity index is 305. The van der Waals surface area contributed by atoms with Crippen LogP contribution in [0, 0.1) is 5.92 Å². The van der Waals surface area contributed by atoms with Crippen molar-refractivity contribution < 1.29 is 9.59 Å². The number of carbonyl (C=O) groups excluding carboxylic acids is 2. The third kappa shape index (κ3) is 5.12. The number of carbonyl (C=O) groups is 2. The van der Waals surface area contributed by atoms with Crippen molar-refractivity contribution in [2.75, 3.05) is 27.7 Å². The Kier molecular flexibility index (Phi) is 6.72. The summed E-state index contributed by atoms with van der Waals surface area (Å²) in [4.78, 5) is 26.5. The van der Waals surface area contributed by atoms with Crippen molar-refractivity contribution in [1.82, 2.24) is 9.80 Å². The zero-order valence-corrected chi connectivity index (χ0v) is 11.7. The van der Waals surface area contributed by atoms with E-state index in [0.29, 0.717) is 6.42 Å². The SMILES string of the molecule is CCCC(C(=O)N(C)CC(=O)N(C)C)C(N)=S. The Morgan fingerprint density at radius 3 is 2.18 bits per heavy atom. The molecule has 0 heterocycles. The fraction of sp³-hybridized carbons (Fsp3) is 0.727. The van der Waals surface area contributed by atoms with Gasteiger partial charge in [-0.15, -0.1) is 0 Å². The summed E-state index contributed by atoms with van der Waals surface area (Å²) in [5.74, 6) is -0.774. The molecule has 0 aromatic rings. The molecule has 0 bridgehead atoms. The van der Waals surface area contributed by atoms with E-state index in [4.69, 9.17) is 18.0 Å². The van der Waals surface area contributed by atoms with Gasteiger partial charge in [-0.1, -0.05) is 25.6 Å². The molecule has 0 fully saturated rings. The maximum Gasteiger partial charge on any atom is 0.241 e. The number of likely N-dealkylation sites (N-methyl/N-ethyl adjacent to an activating group) is 2. The monoisotopic (exact) mass is 259 g/mol. The third-order valence-corrected chi connectivity index (χ3v) is 2.75. The summed E-state index contributed by atoms with van der Waals surface area (Å²) in [6.07, 6.45) is 1.44. The van der Waals surface area contributed by atoms with Crippen LogP contribution in [0.2, 0.25) is 0 Å². The zero-order valence-electron chi connectivity index (χ0n) is 10.9. The van der Waals surface area contributed by atoms with E-state index in [-0.39, 0.29) is 23.3 Å². The number of hydrogen-bond donors (Lipinski definition) is 1.